The van der Waals surface area contributed by atoms with Crippen molar-refractivity contribution in [3.63, 3.8) is 0 Å². The lowest BCUT2D eigenvalue weighted by Crippen LogP contribution is -2.54. The SMILES string of the molecule is Cc1ncnn2c([C@]3(C#N)O[C@H](CO[P@@](=O)(Cc4ccccc4)N[C@H](C)C(=O)OC(C)C)[C@@H](OC(=O)C(C)C)[C@@]3(C)O)ccc12. The van der Waals surface area contributed by atoms with E-state index in [-0.39, 0.29) is 18.0 Å². The van der Waals surface area contributed by atoms with Gasteiger partial charge in [0.1, 0.15) is 30.1 Å². The van der Waals surface area contributed by atoms with Crippen molar-refractivity contribution >= 4 is 25.0 Å². The summed E-state index contributed by atoms with van der Waals surface area (Å²) < 4.78 is 39.2. The van der Waals surface area contributed by atoms with Crippen LogP contribution >= 0.6 is 7.52 Å². The minimum Gasteiger partial charge on any atom is -0.462 e. The number of hydrogen-bond acceptors (Lipinski definition) is 11. The van der Waals surface area contributed by atoms with Crippen molar-refractivity contribution in [1.82, 2.24) is 19.7 Å². The van der Waals surface area contributed by atoms with E-state index in [1.54, 1.807) is 71.0 Å². The molecule has 45 heavy (non-hydrogen) atoms. The second-order valence-electron chi connectivity index (χ2n) is 11.9. The number of rotatable bonds is 12. The van der Waals surface area contributed by atoms with E-state index in [2.05, 4.69) is 21.2 Å². The van der Waals surface area contributed by atoms with Gasteiger partial charge in [-0.3, -0.25) is 14.2 Å². The molecule has 0 saturated carbocycles. The van der Waals surface area contributed by atoms with Gasteiger partial charge in [-0.15, -0.1) is 0 Å². The number of nitrogens with one attached hydrogen (secondary N) is 1. The topological polar surface area (TPSA) is 174 Å². The molecule has 0 aliphatic carbocycles. The molecule has 4 rings (SSSR count). The fourth-order valence-electron chi connectivity index (χ4n) is 5.21. The Labute approximate surface area is 262 Å². The summed E-state index contributed by atoms with van der Waals surface area (Å²) in [7, 11) is -3.89. The van der Waals surface area contributed by atoms with Gasteiger partial charge in [0.2, 0.25) is 5.60 Å². The van der Waals surface area contributed by atoms with Gasteiger partial charge in [0, 0.05) is 0 Å². The van der Waals surface area contributed by atoms with Crippen LogP contribution in [0.2, 0.25) is 0 Å². The van der Waals surface area contributed by atoms with Gasteiger partial charge in [-0.1, -0.05) is 44.2 Å². The number of carbonyl (C=O) groups excluding carboxylic acids is 2. The first-order valence-electron chi connectivity index (χ1n) is 14.7. The first-order chi connectivity index (χ1) is 21.1. The maximum Gasteiger partial charge on any atom is 0.323 e. The predicted octanol–water partition coefficient (Wildman–Crippen LogP) is 3.81. The first-order valence-corrected chi connectivity index (χ1v) is 16.5. The molecule has 0 spiro atoms. The quantitative estimate of drug-likeness (QED) is 0.216. The van der Waals surface area contributed by atoms with E-state index in [0.29, 0.717) is 16.8 Å². The number of nitrogens with zero attached hydrogens (tertiary/aromatic N) is 4. The molecule has 1 aliphatic heterocycles. The molecule has 13 nitrogen and oxygen atoms in total. The maximum absolute atomic E-state index is 14.4. The number of aliphatic hydroxyl groups is 1. The van der Waals surface area contributed by atoms with Gasteiger partial charge in [0.15, 0.2) is 6.10 Å². The molecule has 1 fully saturated rings. The molecular formula is C31H40N5O8P. The zero-order valence-electron chi connectivity index (χ0n) is 26.5. The summed E-state index contributed by atoms with van der Waals surface area (Å²) in [6, 6.07) is 13.3. The molecule has 2 N–H and O–H groups in total. The van der Waals surface area contributed by atoms with Crippen molar-refractivity contribution in [3.8, 4) is 6.07 Å². The summed E-state index contributed by atoms with van der Waals surface area (Å²) in [6.45, 7) is 10.8. The Morgan fingerprint density at radius 1 is 1.16 bits per heavy atom. The third kappa shape index (κ3) is 6.95. The van der Waals surface area contributed by atoms with Crippen molar-refractivity contribution in [2.24, 2.45) is 5.92 Å². The molecule has 0 radical (unpaired) electrons. The van der Waals surface area contributed by atoms with E-state index in [9.17, 15) is 24.5 Å². The van der Waals surface area contributed by atoms with E-state index in [1.165, 1.54) is 24.7 Å². The maximum atomic E-state index is 14.4. The molecule has 242 valence electrons. The lowest BCUT2D eigenvalue weighted by molar-refractivity contribution is -0.168. The predicted molar refractivity (Wildman–Crippen MR) is 163 cm³/mol. The Kier molecular flexibility index (Phi) is 10.2. The Morgan fingerprint density at radius 3 is 2.47 bits per heavy atom. The van der Waals surface area contributed by atoms with Gasteiger partial charge in [0.25, 0.3) is 7.52 Å². The number of ether oxygens (including phenoxy) is 3. The van der Waals surface area contributed by atoms with Crippen molar-refractivity contribution in [2.75, 3.05) is 6.61 Å². The summed E-state index contributed by atoms with van der Waals surface area (Å²) >= 11 is 0. The number of nitriles is 1. The van der Waals surface area contributed by atoms with E-state index in [0.717, 1.165) is 0 Å². The molecule has 0 unspecified atom stereocenters. The molecule has 14 heteroatoms. The standard InChI is InChI=1S/C31H40N5O8P/c1-19(2)28(37)43-27-25(44-31(17-32,30(27,7)39)26-14-13-24-21(5)33-18-34-36(24)26)15-41-45(40,16-23-11-9-8-10-12-23)35-22(6)29(38)42-20(3)4/h8-14,18-20,22,25,27,39H,15-16H2,1-7H3,(H,35,40)/t22-,25-,27-,30-,31+,45+/m1/s1. The van der Waals surface area contributed by atoms with Crippen LogP contribution in [0.1, 0.15) is 58.5 Å². The van der Waals surface area contributed by atoms with E-state index in [4.69, 9.17) is 18.7 Å². The van der Waals surface area contributed by atoms with Gasteiger partial charge in [0.05, 0.1) is 41.7 Å². The van der Waals surface area contributed by atoms with E-state index >= 15 is 0 Å². The second kappa shape index (κ2) is 13.4. The lowest BCUT2D eigenvalue weighted by Gasteiger charge is -2.34. The molecular weight excluding hydrogens is 601 g/mol. The van der Waals surface area contributed by atoms with Gasteiger partial charge in [-0.2, -0.15) is 10.4 Å². The van der Waals surface area contributed by atoms with Crippen LogP contribution in [0.25, 0.3) is 5.52 Å². The van der Waals surface area contributed by atoms with Crippen LogP contribution in [0.5, 0.6) is 0 Å². The van der Waals surface area contributed by atoms with Crippen molar-refractivity contribution in [2.45, 2.75) is 90.2 Å². The third-order valence-corrected chi connectivity index (χ3v) is 9.71. The summed E-state index contributed by atoms with van der Waals surface area (Å²) in [5.41, 5.74) is -2.17. The molecule has 0 bridgehead atoms. The molecule has 1 aromatic carbocycles. The van der Waals surface area contributed by atoms with Crippen LogP contribution in [0.4, 0.5) is 0 Å². The summed E-state index contributed by atoms with van der Waals surface area (Å²) in [5, 5.41) is 29.7. The zero-order valence-corrected chi connectivity index (χ0v) is 27.4. The lowest BCUT2D eigenvalue weighted by atomic mass is 9.80. The Hall–Kier alpha value is -3.66. The first kappa shape index (κ1) is 34.2. The largest absolute Gasteiger partial charge is 0.462 e. The van der Waals surface area contributed by atoms with Crippen molar-refractivity contribution in [3.05, 3.63) is 65.7 Å². The molecule has 0 amide bonds. The molecule has 3 aromatic rings. The zero-order chi connectivity index (χ0) is 33.2. The highest BCUT2D eigenvalue weighted by atomic mass is 31.2. The monoisotopic (exact) mass is 641 g/mol. The van der Waals surface area contributed by atoms with Crippen LogP contribution < -0.4 is 5.09 Å². The van der Waals surface area contributed by atoms with Crippen LogP contribution in [0.15, 0.2) is 48.8 Å². The molecule has 1 aliphatic rings. The fraction of sp³-hybridized carbons (Fsp3) is 0.516. The Bertz CT molecular complexity index is 1620. The Balaban J connectivity index is 1.72. The molecule has 1 saturated heterocycles. The van der Waals surface area contributed by atoms with Crippen molar-refractivity contribution < 1.29 is 38.0 Å². The van der Waals surface area contributed by atoms with Crippen LogP contribution in [-0.2, 0) is 44.7 Å². The van der Waals surface area contributed by atoms with Gasteiger partial charge < -0.3 is 23.8 Å². The molecule has 6 atom stereocenters. The summed E-state index contributed by atoms with van der Waals surface area (Å²) in [5.74, 6) is -1.83. The normalized spacial score (nSPS) is 25.2. The minimum atomic E-state index is -3.89. The van der Waals surface area contributed by atoms with E-state index in [1.807, 2.05) is 6.07 Å². The number of carbonyl (C=O) groups is 2. The number of esters is 2. The van der Waals surface area contributed by atoms with Crippen LogP contribution in [0.3, 0.4) is 0 Å². The average Bonchev–Trinajstić information content (AvgIpc) is 3.50. The number of hydrogen-bond donors (Lipinski definition) is 2. The van der Waals surface area contributed by atoms with Crippen LogP contribution in [-0.4, -0.2) is 68.2 Å². The fourth-order valence-corrected chi connectivity index (χ4v) is 7.24. The smallest absolute Gasteiger partial charge is 0.323 e. The average molecular weight is 642 g/mol. The molecule has 2 aromatic heterocycles. The van der Waals surface area contributed by atoms with Gasteiger partial charge >= 0.3 is 11.9 Å². The summed E-state index contributed by atoms with van der Waals surface area (Å²) in [6.07, 6.45) is -1.86. The number of aromatic nitrogens is 3. The van der Waals surface area contributed by atoms with Gasteiger partial charge in [-0.05, 0) is 52.3 Å². The second-order valence-corrected chi connectivity index (χ2v) is 14.1. The summed E-state index contributed by atoms with van der Waals surface area (Å²) in [4.78, 5) is 29.7. The third-order valence-electron chi connectivity index (χ3n) is 7.59. The minimum absolute atomic E-state index is 0.102. The Morgan fingerprint density at radius 2 is 1.84 bits per heavy atom. The van der Waals surface area contributed by atoms with Crippen molar-refractivity contribution in [1.29, 1.82) is 5.26 Å². The number of benzene rings is 1. The highest BCUT2D eigenvalue weighted by Crippen LogP contribution is 2.52. The molecule has 3 heterocycles. The number of aryl methyl sites for hydroxylation is 1. The van der Waals surface area contributed by atoms with Gasteiger partial charge in [-0.25, -0.2) is 14.6 Å². The van der Waals surface area contributed by atoms with Crippen LogP contribution in [0, 0.1) is 24.2 Å². The highest BCUT2D eigenvalue weighted by Gasteiger charge is 2.67. The highest BCUT2D eigenvalue weighted by molar-refractivity contribution is 7.56. The number of fused-ring (bicyclic) bond motifs is 1. The van der Waals surface area contributed by atoms with E-state index < -0.39 is 61.4 Å².